The summed E-state index contributed by atoms with van der Waals surface area (Å²) in [5.74, 6) is 0.510. The van der Waals surface area contributed by atoms with Gasteiger partial charge >= 0.3 is 0 Å². The van der Waals surface area contributed by atoms with E-state index in [1.54, 1.807) is 12.1 Å². The third kappa shape index (κ3) is 3.56. The van der Waals surface area contributed by atoms with Crippen molar-refractivity contribution in [3.8, 4) is 0 Å². The minimum Gasteiger partial charge on any atom is -0.375 e. The molecule has 1 aliphatic carbocycles. The molecule has 2 saturated heterocycles. The molecule has 5 heteroatoms. The summed E-state index contributed by atoms with van der Waals surface area (Å²) in [7, 11) is 0. The van der Waals surface area contributed by atoms with Crippen molar-refractivity contribution in [2.75, 3.05) is 19.7 Å². The lowest BCUT2D eigenvalue weighted by molar-refractivity contribution is -0.121. The summed E-state index contributed by atoms with van der Waals surface area (Å²) < 4.78 is 18.9. The number of morpholine rings is 1. The van der Waals surface area contributed by atoms with Gasteiger partial charge in [0.2, 0.25) is 5.91 Å². The standard InChI is InChI=1S/C18H23FN2O2/c19-14-5-1-12(2-6-14)7-18(22)20-15-8-16-11-23-17(13-3-4-13)10-21(16)9-15/h1-2,5-6,13,15-17H,3-4,7-11H2,(H,20,22)/t15-,16-,17+/m0/s1. The summed E-state index contributed by atoms with van der Waals surface area (Å²) in [4.78, 5) is 14.7. The van der Waals surface area contributed by atoms with Gasteiger partial charge in [0.25, 0.3) is 0 Å². The lowest BCUT2D eigenvalue weighted by atomic mass is 10.1. The molecule has 3 atom stereocenters. The van der Waals surface area contributed by atoms with E-state index in [1.807, 2.05) is 0 Å². The number of hydrogen-bond donors (Lipinski definition) is 1. The van der Waals surface area contributed by atoms with Crippen molar-refractivity contribution in [2.24, 2.45) is 5.92 Å². The third-order valence-corrected chi connectivity index (χ3v) is 5.24. The van der Waals surface area contributed by atoms with Crippen LogP contribution in [0.5, 0.6) is 0 Å². The van der Waals surface area contributed by atoms with Crippen LogP contribution in [0.3, 0.4) is 0 Å². The second-order valence-electron chi connectivity index (χ2n) is 7.12. The number of rotatable bonds is 4. The minimum absolute atomic E-state index is 0.0149. The molecule has 1 aromatic rings. The van der Waals surface area contributed by atoms with E-state index in [1.165, 1.54) is 25.0 Å². The number of hydrogen-bond acceptors (Lipinski definition) is 3. The van der Waals surface area contributed by atoms with Crippen LogP contribution < -0.4 is 5.32 Å². The molecule has 23 heavy (non-hydrogen) atoms. The van der Waals surface area contributed by atoms with Crippen LogP contribution in [0.4, 0.5) is 4.39 Å². The Kier molecular flexibility index (Phi) is 4.07. The molecule has 0 unspecified atom stereocenters. The Labute approximate surface area is 136 Å². The molecule has 2 heterocycles. The average molecular weight is 318 g/mol. The van der Waals surface area contributed by atoms with Gasteiger partial charge in [-0.05, 0) is 42.9 Å². The van der Waals surface area contributed by atoms with Crippen molar-refractivity contribution in [3.63, 3.8) is 0 Å². The van der Waals surface area contributed by atoms with E-state index >= 15 is 0 Å². The van der Waals surface area contributed by atoms with Gasteiger partial charge in [-0.15, -0.1) is 0 Å². The molecule has 0 spiro atoms. The Hall–Kier alpha value is -1.46. The van der Waals surface area contributed by atoms with Gasteiger partial charge in [-0.25, -0.2) is 4.39 Å². The normalized spacial score (nSPS) is 30.9. The summed E-state index contributed by atoms with van der Waals surface area (Å²) >= 11 is 0. The van der Waals surface area contributed by atoms with Crippen LogP contribution in [-0.2, 0) is 16.0 Å². The van der Waals surface area contributed by atoms with Gasteiger partial charge in [0.05, 0.1) is 19.1 Å². The van der Waals surface area contributed by atoms with Crippen molar-refractivity contribution in [1.82, 2.24) is 10.2 Å². The highest BCUT2D eigenvalue weighted by molar-refractivity contribution is 5.78. The molecule has 1 aromatic carbocycles. The van der Waals surface area contributed by atoms with E-state index in [2.05, 4.69) is 10.2 Å². The van der Waals surface area contributed by atoms with Crippen molar-refractivity contribution >= 4 is 5.91 Å². The zero-order valence-corrected chi connectivity index (χ0v) is 13.2. The van der Waals surface area contributed by atoms with Crippen LogP contribution in [0.1, 0.15) is 24.8 Å². The SMILES string of the molecule is O=C(Cc1ccc(F)cc1)N[C@H]1C[C@H]2CO[C@@H](C3CC3)CN2C1. The first-order chi connectivity index (χ1) is 11.2. The summed E-state index contributed by atoms with van der Waals surface area (Å²) in [6.45, 7) is 2.73. The first-order valence-corrected chi connectivity index (χ1v) is 8.57. The number of carbonyl (C=O) groups excluding carboxylic acids is 1. The fraction of sp³-hybridized carbons (Fsp3) is 0.611. The van der Waals surface area contributed by atoms with Crippen molar-refractivity contribution < 1.29 is 13.9 Å². The molecule has 0 bridgehead atoms. The molecular weight excluding hydrogens is 295 g/mol. The Morgan fingerprint density at radius 3 is 2.78 bits per heavy atom. The van der Waals surface area contributed by atoms with Crippen LogP contribution in [0, 0.1) is 11.7 Å². The molecule has 4 rings (SSSR count). The third-order valence-electron chi connectivity index (χ3n) is 5.24. The number of amides is 1. The van der Waals surface area contributed by atoms with Crippen LogP contribution >= 0.6 is 0 Å². The highest BCUT2D eigenvalue weighted by Gasteiger charge is 2.42. The smallest absolute Gasteiger partial charge is 0.224 e. The average Bonchev–Trinajstić information content (AvgIpc) is 3.30. The molecule has 0 radical (unpaired) electrons. The zero-order chi connectivity index (χ0) is 15.8. The molecule has 2 aliphatic heterocycles. The summed E-state index contributed by atoms with van der Waals surface area (Å²) in [5, 5.41) is 3.13. The molecule has 124 valence electrons. The van der Waals surface area contributed by atoms with Crippen LogP contribution in [0.15, 0.2) is 24.3 Å². The predicted molar refractivity (Wildman–Crippen MR) is 84.5 cm³/mol. The monoisotopic (exact) mass is 318 g/mol. The first-order valence-electron chi connectivity index (χ1n) is 8.57. The molecule has 3 aliphatic rings. The van der Waals surface area contributed by atoms with Gasteiger partial charge in [-0.3, -0.25) is 9.69 Å². The van der Waals surface area contributed by atoms with Gasteiger partial charge in [-0.1, -0.05) is 12.1 Å². The number of nitrogens with zero attached hydrogens (tertiary/aromatic N) is 1. The number of halogens is 1. The highest BCUT2D eigenvalue weighted by atomic mass is 19.1. The second kappa shape index (κ2) is 6.21. The number of carbonyl (C=O) groups is 1. The van der Waals surface area contributed by atoms with E-state index in [9.17, 15) is 9.18 Å². The molecule has 1 N–H and O–H groups in total. The minimum atomic E-state index is -0.271. The van der Waals surface area contributed by atoms with Gasteiger partial charge in [0, 0.05) is 25.2 Å². The van der Waals surface area contributed by atoms with Crippen molar-refractivity contribution in [3.05, 3.63) is 35.6 Å². The summed E-state index contributed by atoms with van der Waals surface area (Å²) in [5.41, 5.74) is 0.844. The Morgan fingerprint density at radius 2 is 2.04 bits per heavy atom. The fourth-order valence-corrected chi connectivity index (χ4v) is 3.82. The maximum Gasteiger partial charge on any atom is 0.224 e. The predicted octanol–water partition coefficient (Wildman–Crippen LogP) is 1.74. The van der Waals surface area contributed by atoms with Gasteiger partial charge in [0.15, 0.2) is 0 Å². The fourth-order valence-electron chi connectivity index (χ4n) is 3.82. The van der Waals surface area contributed by atoms with E-state index in [-0.39, 0.29) is 17.8 Å². The zero-order valence-electron chi connectivity index (χ0n) is 13.2. The molecule has 1 saturated carbocycles. The quantitative estimate of drug-likeness (QED) is 0.919. The lowest BCUT2D eigenvalue weighted by Crippen LogP contribution is -2.47. The van der Waals surface area contributed by atoms with E-state index < -0.39 is 0 Å². The maximum atomic E-state index is 12.9. The second-order valence-corrected chi connectivity index (χ2v) is 7.12. The van der Waals surface area contributed by atoms with E-state index in [0.717, 1.165) is 37.6 Å². The number of fused-ring (bicyclic) bond motifs is 1. The van der Waals surface area contributed by atoms with E-state index in [4.69, 9.17) is 4.74 Å². The Balaban J connectivity index is 1.28. The van der Waals surface area contributed by atoms with Crippen LogP contribution in [0.25, 0.3) is 0 Å². The first kappa shape index (κ1) is 15.1. The highest BCUT2D eigenvalue weighted by Crippen LogP contribution is 2.37. The number of ether oxygens (including phenoxy) is 1. The molecule has 1 amide bonds. The molecule has 0 aromatic heterocycles. The molecule has 4 nitrogen and oxygen atoms in total. The van der Waals surface area contributed by atoms with Crippen LogP contribution in [0.2, 0.25) is 0 Å². The lowest BCUT2D eigenvalue weighted by Gasteiger charge is -2.35. The largest absolute Gasteiger partial charge is 0.375 e. The van der Waals surface area contributed by atoms with Crippen LogP contribution in [-0.4, -0.2) is 48.7 Å². The summed E-state index contributed by atoms with van der Waals surface area (Å²) in [6, 6.07) is 6.78. The Bertz CT molecular complexity index is 573. The summed E-state index contributed by atoms with van der Waals surface area (Å²) in [6.07, 6.45) is 4.29. The van der Waals surface area contributed by atoms with Crippen molar-refractivity contribution in [1.29, 1.82) is 0 Å². The molecular formula is C18H23FN2O2. The number of benzene rings is 1. The maximum absolute atomic E-state index is 12.9. The van der Waals surface area contributed by atoms with Gasteiger partial charge < -0.3 is 10.1 Å². The van der Waals surface area contributed by atoms with E-state index in [0.29, 0.717) is 18.6 Å². The Morgan fingerprint density at radius 1 is 1.26 bits per heavy atom. The molecule has 3 fully saturated rings. The van der Waals surface area contributed by atoms with Gasteiger partial charge in [0.1, 0.15) is 5.82 Å². The number of nitrogens with one attached hydrogen (secondary N) is 1. The van der Waals surface area contributed by atoms with Gasteiger partial charge in [-0.2, -0.15) is 0 Å². The topological polar surface area (TPSA) is 41.6 Å². The van der Waals surface area contributed by atoms with Crippen molar-refractivity contribution in [2.45, 2.75) is 43.9 Å².